The lowest BCUT2D eigenvalue weighted by Crippen LogP contribution is -2.09. The number of rotatable bonds is 22. The number of benzene rings is 7. The molecule has 0 aliphatic carbocycles. The highest BCUT2D eigenvalue weighted by Crippen LogP contribution is 2.40. The fourth-order valence-electron chi connectivity index (χ4n) is 8.80. The summed E-state index contributed by atoms with van der Waals surface area (Å²) in [5.41, 5.74) is 15.9. The molecule has 0 atom stereocenters. The largest absolute Gasteiger partial charge is 0.311 e. The summed E-state index contributed by atoms with van der Waals surface area (Å²) in [4.78, 5) is 4.69. The van der Waals surface area contributed by atoms with Gasteiger partial charge in [0.15, 0.2) is 0 Å². The Balaban J connectivity index is 0.998. The Labute approximate surface area is 380 Å². The van der Waals surface area contributed by atoms with Crippen LogP contribution in [0.5, 0.6) is 0 Å². The second-order valence-corrected chi connectivity index (χ2v) is 17.5. The van der Waals surface area contributed by atoms with Crippen molar-refractivity contribution in [2.45, 2.75) is 104 Å². The van der Waals surface area contributed by atoms with E-state index in [4.69, 9.17) is 8.75 Å². The quantitative estimate of drug-likeness (QED) is 0.0636. The molecule has 0 saturated heterocycles. The van der Waals surface area contributed by atoms with Crippen LogP contribution < -0.4 is 9.80 Å². The van der Waals surface area contributed by atoms with Gasteiger partial charge in [0.25, 0.3) is 0 Å². The van der Waals surface area contributed by atoms with Gasteiger partial charge in [0.05, 0.1) is 11.7 Å². The Morgan fingerprint density at radius 3 is 1.02 bits per heavy atom. The standard InChI is InChI=1S/C58H62N4S/c1-3-5-7-9-11-15-21-45-27-35-51(36-28-45)61(49-23-17-13-18-24-49)53-39-31-47(32-40-53)55-43-44-56(58-57(55)59-63-60-58)48-33-41-54(42-34-48)62(50-25-19-14-20-26-50)52-37-29-46(30-38-52)22-16-12-10-8-6-4-2/h13-14,17-20,23-44H,3-12,15-16,21-22H2,1-2H3. The maximum atomic E-state index is 4.86. The van der Waals surface area contributed by atoms with Crippen molar-refractivity contribution >= 4 is 56.9 Å². The smallest absolute Gasteiger partial charge is 0.113 e. The summed E-state index contributed by atoms with van der Waals surface area (Å²) in [7, 11) is 0. The number of anilines is 6. The minimum atomic E-state index is 0.933. The van der Waals surface area contributed by atoms with E-state index in [2.05, 4.69) is 194 Å². The molecule has 0 N–H and O–H groups in total. The van der Waals surface area contributed by atoms with Gasteiger partial charge in [-0.05, 0) is 121 Å². The second-order valence-electron chi connectivity index (χ2n) is 16.9. The fourth-order valence-corrected chi connectivity index (χ4v) is 9.38. The van der Waals surface area contributed by atoms with Gasteiger partial charge in [0.2, 0.25) is 0 Å². The highest BCUT2D eigenvalue weighted by molar-refractivity contribution is 7.00. The van der Waals surface area contributed by atoms with Gasteiger partial charge >= 0.3 is 0 Å². The molecule has 0 aliphatic heterocycles. The van der Waals surface area contributed by atoms with E-state index < -0.39 is 0 Å². The Morgan fingerprint density at radius 2 is 0.651 bits per heavy atom. The number of aryl methyl sites for hydroxylation is 2. The van der Waals surface area contributed by atoms with Crippen LogP contribution in [-0.4, -0.2) is 8.75 Å². The highest BCUT2D eigenvalue weighted by Gasteiger charge is 2.18. The third-order valence-electron chi connectivity index (χ3n) is 12.3. The van der Waals surface area contributed by atoms with E-state index in [1.54, 1.807) is 0 Å². The molecular weight excluding hydrogens is 785 g/mol. The van der Waals surface area contributed by atoms with Crippen molar-refractivity contribution in [2.75, 3.05) is 9.80 Å². The third-order valence-corrected chi connectivity index (χ3v) is 12.9. The number of nitrogens with zero attached hydrogens (tertiary/aromatic N) is 4. The first kappa shape index (κ1) is 43.6. The lowest BCUT2D eigenvalue weighted by Gasteiger charge is -2.26. The van der Waals surface area contributed by atoms with Crippen molar-refractivity contribution in [3.05, 3.63) is 181 Å². The summed E-state index contributed by atoms with van der Waals surface area (Å²) < 4.78 is 9.72. The van der Waals surface area contributed by atoms with E-state index >= 15 is 0 Å². The molecule has 0 fully saturated rings. The first-order valence-electron chi connectivity index (χ1n) is 23.5. The van der Waals surface area contributed by atoms with Crippen LogP contribution in [0.1, 0.15) is 102 Å². The summed E-state index contributed by atoms with van der Waals surface area (Å²) in [5, 5.41) is 0. The maximum absolute atomic E-state index is 4.86. The second kappa shape index (κ2) is 22.4. The molecule has 7 aromatic carbocycles. The zero-order chi connectivity index (χ0) is 43.1. The normalized spacial score (nSPS) is 11.3. The number of unbranched alkanes of at least 4 members (excludes halogenated alkanes) is 10. The summed E-state index contributed by atoms with van der Waals surface area (Å²) in [6.07, 6.45) is 18.1. The van der Waals surface area contributed by atoms with Crippen LogP contribution >= 0.6 is 11.7 Å². The van der Waals surface area contributed by atoms with Crippen LogP contribution in [0.3, 0.4) is 0 Å². The Kier molecular flexibility index (Phi) is 15.5. The molecule has 0 aliphatic rings. The van der Waals surface area contributed by atoms with Crippen molar-refractivity contribution in [1.82, 2.24) is 8.75 Å². The summed E-state index contributed by atoms with van der Waals surface area (Å²) >= 11 is 1.28. The Bertz CT molecular complexity index is 2380. The molecule has 0 amide bonds. The molecule has 4 nitrogen and oxygen atoms in total. The van der Waals surface area contributed by atoms with E-state index in [0.717, 1.165) is 80.3 Å². The number of hydrogen-bond acceptors (Lipinski definition) is 5. The molecule has 5 heteroatoms. The molecule has 0 spiro atoms. The Hall–Kier alpha value is -6.04. The molecule has 320 valence electrons. The monoisotopic (exact) mass is 846 g/mol. The van der Waals surface area contributed by atoms with Gasteiger partial charge in [-0.1, -0.05) is 175 Å². The molecule has 0 radical (unpaired) electrons. The van der Waals surface area contributed by atoms with Gasteiger partial charge in [-0.25, -0.2) is 0 Å². The maximum Gasteiger partial charge on any atom is 0.113 e. The van der Waals surface area contributed by atoms with E-state index in [0.29, 0.717) is 0 Å². The molecule has 8 aromatic rings. The van der Waals surface area contributed by atoms with Crippen molar-refractivity contribution in [2.24, 2.45) is 0 Å². The SMILES string of the molecule is CCCCCCCCc1ccc(N(c2ccccc2)c2ccc(-c3ccc(-c4ccc(N(c5ccccc5)c5ccc(CCCCCCCC)cc5)cc4)c4nsnc34)cc2)cc1. The van der Waals surface area contributed by atoms with E-state index in [-0.39, 0.29) is 0 Å². The number of fused-ring (bicyclic) bond motifs is 1. The molecular formula is C58H62N4S. The van der Waals surface area contributed by atoms with Crippen molar-refractivity contribution < 1.29 is 0 Å². The van der Waals surface area contributed by atoms with Crippen molar-refractivity contribution in [1.29, 1.82) is 0 Å². The van der Waals surface area contributed by atoms with Gasteiger partial charge in [0, 0.05) is 45.3 Å². The minimum Gasteiger partial charge on any atom is -0.311 e. The first-order chi connectivity index (χ1) is 31.2. The van der Waals surface area contributed by atoms with Gasteiger partial charge in [0.1, 0.15) is 11.0 Å². The van der Waals surface area contributed by atoms with E-state index in [9.17, 15) is 0 Å². The average Bonchev–Trinajstić information content (AvgIpc) is 3.84. The molecule has 0 saturated carbocycles. The van der Waals surface area contributed by atoms with Crippen molar-refractivity contribution in [3.8, 4) is 22.3 Å². The summed E-state index contributed by atoms with van der Waals surface area (Å²) in [5.74, 6) is 0. The summed E-state index contributed by atoms with van der Waals surface area (Å²) in [6, 6.07) is 61.9. The van der Waals surface area contributed by atoms with E-state index in [1.165, 1.54) is 99.9 Å². The number of hydrogen-bond donors (Lipinski definition) is 0. The van der Waals surface area contributed by atoms with Crippen LogP contribution in [0, 0.1) is 0 Å². The van der Waals surface area contributed by atoms with Crippen LogP contribution in [0.15, 0.2) is 170 Å². The van der Waals surface area contributed by atoms with Crippen LogP contribution in [0.4, 0.5) is 34.1 Å². The Morgan fingerprint density at radius 1 is 0.333 bits per heavy atom. The molecule has 0 unspecified atom stereocenters. The van der Waals surface area contributed by atoms with Crippen LogP contribution in [-0.2, 0) is 12.8 Å². The zero-order valence-electron chi connectivity index (χ0n) is 37.3. The fraction of sp³-hybridized carbons (Fsp3) is 0.276. The number of para-hydroxylation sites is 2. The predicted octanol–water partition coefficient (Wildman–Crippen LogP) is 17.8. The van der Waals surface area contributed by atoms with Gasteiger partial charge in [-0.2, -0.15) is 8.75 Å². The van der Waals surface area contributed by atoms with Gasteiger partial charge < -0.3 is 9.80 Å². The molecule has 1 heterocycles. The first-order valence-corrected chi connectivity index (χ1v) is 24.3. The van der Waals surface area contributed by atoms with Crippen LogP contribution in [0.2, 0.25) is 0 Å². The molecule has 63 heavy (non-hydrogen) atoms. The third kappa shape index (κ3) is 11.1. The molecule has 0 bridgehead atoms. The van der Waals surface area contributed by atoms with Gasteiger partial charge in [-0.15, -0.1) is 0 Å². The highest BCUT2D eigenvalue weighted by atomic mass is 32.1. The lowest BCUT2D eigenvalue weighted by atomic mass is 9.97. The lowest BCUT2D eigenvalue weighted by molar-refractivity contribution is 0.607. The zero-order valence-corrected chi connectivity index (χ0v) is 38.1. The summed E-state index contributed by atoms with van der Waals surface area (Å²) in [6.45, 7) is 4.56. The number of aromatic nitrogens is 2. The minimum absolute atomic E-state index is 0.933. The van der Waals surface area contributed by atoms with Crippen LogP contribution in [0.25, 0.3) is 33.3 Å². The van der Waals surface area contributed by atoms with E-state index in [1.807, 2.05) is 0 Å². The predicted molar refractivity (Wildman–Crippen MR) is 272 cm³/mol. The van der Waals surface area contributed by atoms with Gasteiger partial charge in [-0.3, -0.25) is 0 Å². The topological polar surface area (TPSA) is 32.3 Å². The molecule has 1 aromatic heterocycles. The average molecular weight is 847 g/mol. The van der Waals surface area contributed by atoms with Crippen molar-refractivity contribution in [3.63, 3.8) is 0 Å². The molecule has 8 rings (SSSR count).